The van der Waals surface area contributed by atoms with Gasteiger partial charge in [0, 0.05) is 46.9 Å². The second kappa shape index (κ2) is 13.6. The fraction of sp³-hybridized carbons (Fsp3) is 1.00. The van der Waals surface area contributed by atoms with Crippen molar-refractivity contribution in [1.82, 2.24) is 5.32 Å². The molecule has 2 atom stereocenters. The highest BCUT2D eigenvalue weighted by Gasteiger charge is 2.54. The molecule has 0 aliphatic rings. The molecular weight excluding hydrogens is 398 g/mol. The zero-order valence-corrected chi connectivity index (χ0v) is 25.2. The molecule has 7 heteroatoms. The molecule has 0 rings (SSSR count). The summed E-state index contributed by atoms with van der Waals surface area (Å²) in [5, 5.41) is 3.55. The van der Waals surface area contributed by atoms with Crippen molar-refractivity contribution in [3.63, 3.8) is 0 Å². The quantitative estimate of drug-likeness (QED) is 0.257. The van der Waals surface area contributed by atoms with Gasteiger partial charge in [0.2, 0.25) is 0 Å². The number of hydrogen-bond acceptors (Lipinski definition) is 5. The van der Waals surface area contributed by atoms with E-state index < -0.39 is 11.6 Å². The molecule has 2 unspecified atom stereocenters. The second-order valence-electron chi connectivity index (χ2n) is 8.78. The number of ether oxygens (including phenoxy) is 4. The van der Waals surface area contributed by atoms with E-state index in [4.69, 9.17) is 18.9 Å². The lowest BCUT2D eigenvalue weighted by atomic mass is 9.97. The lowest BCUT2D eigenvalue weighted by molar-refractivity contribution is -0.279. The van der Waals surface area contributed by atoms with Gasteiger partial charge in [-0.15, -0.1) is 0 Å². The van der Waals surface area contributed by atoms with Crippen LogP contribution in [0.1, 0.15) is 93.9 Å². The minimum atomic E-state index is -0.665. The average Bonchev–Trinajstić information content (AvgIpc) is 2.72. The van der Waals surface area contributed by atoms with Crippen LogP contribution in [0.15, 0.2) is 0 Å². The Hall–Kier alpha value is 0.234. The lowest BCUT2D eigenvalue weighted by Gasteiger charge is -2.55. The topological polar surface area (TPSA) is 49.0 Å². The van der Waals surface area contributed by atoms with Crippen LogP contribution in [0.25, 0.3) is 0 Å². The molecule has 0 spiro atoms. The van der Waals surface area contributed by atoms with Gasteiger partial charge < -0.3 is 24.3 Å². The van der Waals surface area contributed by atoms with Gasteiger partial charge in [-0.1, -0.05) is 41.5 Å². The number of nitrogens with one attached hydrogen (secondary N) is 1. The largest absolute Gasteiger partial charge is 0.349 e. The van der Waals surface area contributed by atoms with E-state index in [0.717, 1.165) is 59.0 Å². The normalized spacial score (nSPS) is 17.4. The molecular formula is C22H51NO4Si2. The summed E-state index contributed by atoms with van der Waals surface area (Å²) in [4.78, 5) is 0. The van der Waals surface area contributed by atoms with E-state index in [0.29, 0.717) is 26.4 Å². The summed E-state index contributed by atoms with van der Waals surface area (Å²) in [5.74, 6) is -1.33. The number of hydrogen-bond donors (Lipinski definition) is 1. The maximum Gasteiger partial charge on any atom is 0.179 e. The van der Waals surface area contributed by atoms with Crippen molar-refractivity contribution < 1.29 is 18.9 Å². The SMILES string of the molecule is CCCOC(C)(OCCC)C([SiH3])(CC)NC([SiH3])(CC)C(C)(OCCC)OCCC. The first-order valence-corrected chi connectivity index (χ1v) is 13.9. The molecule has 0 aromatic heterocycles. The molecule has 0 fully saturated rings. The van der Waals surface area contributed by atoms with E-state index in [1.807, 2.05) is 0 Å². The van der Waals surface area contributed by atoms with Crippen LogP contribution in [0.5, 0.6) is 0 Å². The van der Waals surface area contributed by atoms with E-state index in [1.54, 1.807) is 0 Å². The molecule has 176 valence electrons. The Morgan fingerprint density at radius 2 is 0.793 bits per heavy atom. The van der Waals surface area contributed by atoms with Crippen molar-refractivity contribution in [1.29, 1.82) is 0 Å². The zero-order chi connectivity index (χ0) is 22.6. The minimum Gasteiger partial charge on any atom is -0.349 e. The van der Waals surface area contributed by atoms with Gasteiger partial charge >= 0.3 is 0 Å². The van der Waals surface area contributed by atoms with E-state index in [2.05, 4.69) is 60.7 Å². The first kappa shape index (κ1) is 29.2. The fourth-order valence-corrected chi connectivity index (χ4v) is 5.74. The second-order valence-corrected chi connectivity index (χ2v) is 12.2. The maximum atomic E-state index is 6.39. The predicted octanol–water partition coefficient (Wildman–Crippen LogP) is 2.66. The molecule has 0 bridgehead atoms. The van der Waals surface area contributed by atoms with Crippen molar-refractivity contribution in [3.8, 4) is 0 Å². The smallest absolute Gasteiger partial charge is 0.179 e. The third kappa shape index (κ3) is 7.70. The standard InChI is InChI=1S/C22H51NO4Si2/c1-9-15-24-19(7,25-16-10-2)21(28,13-5)23-22(29,14-6)20(8,26-17-11-3)27-18-12-4/h23H,9-18H2,1-8,28-29H3. The van der Waals surface area contributed by atoms with Gasteiger partial charge in [-0.3, -0.25) is 0 Å². The summed E-state index contributed by atoms with van der Waals surface area (Å²) in [7, 11) is 1.78. The maximum absolute atomic E-state index is 6.39. The van der Waals surface area contributed by atoms with Gasteiger partial charge in [0.15, 0.2) is 11.6 Å². The Morgan fingerprint density at radius 3 is 0.966 bits per heavy atom. The van der Waals surface area contributed by atoms with E-state index >= 15 is 0 Å². The molecule has 0 aliphatic carbocycles. The van der Waals surface area contributed by atoms with Crippen molar-refractivity contribution in [3.05, 3.63) is 0 Å². The van der Waals surface area contributed by atoms with Gasteiger partial charge in [-0.25, -0.2) is 0 Å². The van der Waals surface area contributed by atoms with Crippen LogP contribution in [0.3, 0.4) is 0 Å². The molecule has 5 nitrogen and oxygen atoms in total. The lowest BCUT2D eigenvalue weighted by Crippen LogP contribution is -2.76. The molecule has 0 radical (unpaired) electrons. The minimum absolute atomic E-state index is 0.249. The van der Waals surface area contributed by atoms with Crippen molar-refractivity contribution in [2.75, 3.05) is 26.4 Å². The summed E-state index contributed by atoms with van der Waals surface area (Å²) >= 11 is 0. The first-order chi connectivity index (χ1) is 13.6. The summed E-state index contributed by atoms with van der Waals surface area (Å²) in [6.07, 6.45) is 5.77. The predicted molar refractivity (Wildman–Crippen MR) is 131 cm³/mol. The zero-order valence-electron chi connectivity index (χ0n) is 21.2. The van der Waals surface area contributed by atoms with Crippen LogP contribution < -0.4 is 5.32 Å². The van der Waals surface area contributed by atoms with Gasteiger partial charge in [0.25, 0.3) is 0 Å². The van der Waals surface area contributed by atoms with Crippen LogP contribution in [0.4, 0.5) is 0 Å². The molecule has 0 aromatic rings. The van der Waals surface area contributed by atoms with Crippen molar-refractivity contribution in [2.45, 2.75) is 116 Å². The average molecular weight is 450 g/mol. The summed E-state index contributed by atoms with van der Waals surface area (Å²) in [6, 6.07) is 0. The Kier molecular flexibility index (Phi) is 13.7. The molecule has 29 heavy (non-hydrogen) atoms. The summed E-state index contributed by atoms with van der Waals surface area (Å²) in [5.41, 5.74) is 0. The Morgan fingerprint density at radius 1 is 0.552 bits per heavy atom. The first-order valence-electron chi connectivity index (χ1n) is 11.9. The van der Waals surface area contributed by atoms with Crippen molar-refractivity contribution in [2.24, 2.45) is 0 Å². The summed E-state index contributed by atoms with van der Waals surface area (Å²) in [6.45, 7) is 20.1. The van der Waals surface area contributed by atoms with Crippen LogP contribution >= 0.6 is 0 Å². The molecule has 0 aliphatic heterocycles. The van der Waals surface area contributed by atoms with Gasteiger partial charge in [-0.2, -0.15) is 0 Å². The Balaban J connectivity index is 6.01. The van der Waals surface area contributed by atoms with Gasteiger partial charge in [0.05, 0.1) is 10.3 Å². The van der Waals surface area contributed by atoms with Gasteiger partial charge in [-0.05, 0) is 52.4 Å². The third-order valence-corrected chi connectivity index (χ3v) is 10.0. The molecule has 0 amide bonds. The molecule has 0 saturated heterocycles. The highest BCUT2D eigenvalue weighted by atomic mass is 28.2. The Labute approximate surface area is 187 Å². The third-order valence-electron chi connectivity index (χ3n) is 6.30. The molecule has 0 heterocycles. The molecule has 0 aromatic carbocycles. The van der Waals surface area contributed by atoms with Crippen LogP contribution in [0, 0.1) is 0 Å². The van der Waals surface area contributed by atoms with Crippen LogP contribution in [-0.4, -0.2) is 68.8 Å². The highest BCUT2D eigenvalue weighted by molar-refractivity contribution is 6.19. The Bertz CT molecular complexity index is 387. The van der Waals surface area contributed by atoms with Crippen LogP contribution in [0.2, 0.25) is 0 Å². The molecule has 0 saturated carbocycles. The van der Waals surface area contributed by atoms with Crippen LogP contribution in [-0.2, 0) is 18.9 Å². The van der Waals surface area contributed by atoms with Gasteiger partial charge in [0.1, 0.15) is 0 Å². The van der Waals surface area contributed by atoms with E-state index in [-0.39, 0.29) is 10.3 Å². The number of rotatable bonds is 18. The monoisotopic (exact) mass is 449 g/mol. The molecule has 1 N–H and O–H groups in total. The highest BCUT2D eigenvalue weighted by Crippen LogP contribution is 2.36. The van der Waals surface area contributed by atoms with Crippen molar-refractivity contribution >= 4 is 20.5 Å². The van der Waals surface area contributed by atoms with E-state index in [1.165, 1.54) is 0 Å². The van der Waals surface area contributed by atoms with E-state index in [9.17, 15) is 0 Å². The fourth-order valence-electron chi connectivity index (χ4n) is 3.56. The summed E-state index contributed by atoms with van der Waals surface area (Å²) < 4.78 is 25.5.